The predicted molar refractivity (Wildman–Crippen MR) is 98.2 cm³/mol. The largest absolute Gasteiger partial charge is 0.471 e. The van der Waals surface area contributed by atoms with Crippen LogP contribution in [0.25, 0.3) is 0 Å². The van der Waals surface area contributed by atoms with Gasteiger partial charge in [0.1, 0.15) is 11.4 Å². The van der Waals surface area contributed by atoms with Crippen molar-refractivity contribution in [1.29, 1.82) is 0 Å². The Morgan fingerprint density at radius 3 is 2.81 bits per heavy atom. The standard InChI is InChI=1S/C18H20ClN5O2/c1-12-8-15(4-5-16(12)19)26-11-24-7-6-17(22-24)18(25)20-9-14-10-21-23(3)13(14)2/h4-8,10H,9,11H2,1-3H3,(H,20,25). The lowest BCUT2D eigenvalue weighted by Crippen LogP contribution is -2.24. The first-order valence-corrected chi connectivity index (χ1v) is 8.50. The van der Waals surface area contributed by atoms with Crippen molar-refractivity contribution in [2.75, 3.05) is 0 Å². The van der Waals surface area contributed by atoms with Crippen molar-refractivity contribution < 1.29 is 9.53 Å². The maximum atomic E-state index is 12.2. The third-order valence-electron chi connectivity index (χ3n) is 4.14. The van der Waals surface area contributed by atoms with Crippen LogP contribution in [0.3, 0.4) is 0 Å². The van der Waals surface area contributed by atoms with Gasteiger partial charge in [-0.1, -0.05) is 11.6 Å². The molecule has 2 heterocycles. The highest BCUT2D eigenvalue weighted by Gasteiger charge is 2.11. The van der Waals surface area contributed by atoms with Crippen LogP contribution < -0.4 is 10.1 Å². The van der Waals surface area contributed by atoms with Crippen molar-refractivity contribution in [2.45, 2.75) is 27.1 Å². The fraction of sp³-hybridized carbons (Fsp3) is 0.278. The van der Waals surface area contributed by atoms with Crippen LogP contribution in [0.4, 0.5) is 0 Å². The van der Waals surface area contributed by atoms with E-state index >= 15 is 0 Å². The molecule has 8 heteroatoms. The van der Waals surface area contributed by atoms with Gasteiger partial charge in [-0.15, -0.1) is 0 Å². The lowest BCUT2D eigenvalue weighted by atomic mass is 10.2. The molecule has 136 valence electrons. The molecule has 3 aromatic rings. The first-order valence-electron chi connectivity index (χ1n) is 8.12. The van der Waals surface area contributed by atoms with E-state index in [1.165, 1.54) is 0 Å². The summed E-state index contributed by atoms with van der Waals surface area (Å²) in [7, 11) is 1.87. The van der Waals surface area contributed by atoms with Gasteiger partial charge in [0.05, 0.1) is 6.20 Å². The number of carbonyl (C=O) groups is 1. The van der Waals surface area contributed by atoms with Gasteiger partial charge in [-0.05, 0) is 43.7 Å². The van der Waals surface area contributed by atoms with Crippen LogP contribution in [0, 0.1) is 13.8 Å². The van der Waals surface area contributed by atoms with Gasteiger partial charge in [0.25, 0.3) is 5.91 Å². The Kier molecular flexibility index (Phi) is 5.27. The minimum Gasteiger partial charge on any atom is -0.471 e. The Morgan fingerprint density at radius 1 is 1.31 bits per heavy atom. The van der Waals surface area contributed by atoms with Gasteiger partial charge in [0.2, 0.25) is 0 Å². The van der Waals surface area contributed by atoms with Crippen molar-refractivity contribution >= 4 is 17.5 Å². The molecular weight excluding hydrogens is 354 g/mol. The van der Waals surface area contributed by atoms with Crippen molar-refractivity contribution in [3.8, 4) is 5.75 Å². The zero-order valence-corrected chi connectivity index (χ0v) is 15.6. The molecule has 0 atom stereocenters. The van der Waals surface area contributed by atoms with Crippen molar-refractivity contribution in [3.63, 3.8) is 0 Å². The average molecular weight is 374 g/mol. The molecule has 1 aromatic carbocycles. The van der Waals surface area contributed by atoms with Gasteiger partial charge in [-0.2, -0.15) is 10.2 Å². The molecule has 0 aliphatic carbocycles. The highest BCUT2D eigenvalue weighted by atomic mass is 35.5. The number of benzene rings is 1. The number of halogens is 1. The number of aromatic nitrogens is 4. The second kappa shape index (κ2) is 7.61. The topological polar surface area (TPSA) is 74.0 Å². The van der Waals surface area contributed by atoms with Crippen LogP contribution in [-0.2, 0) is 20.3 Å². The second-order valence-corrected chi connectivity index (χ2v) is 6.39. The summed E-state index contributed by atoms with van der Waals surface area (Å²) in [5.41, 5.74) is 3.27. The summed E-state index contributed by atoms with van der Waals surface area (Å²) in [5.74, 6) is 0.454. The van der Waals surface area contributed by atoms with Gasteiger partial charge in [0, 0.05) is 36.1 Å². The zero-order valence-electron chi connectivity index (χ0n) is 14.9. The van der Waals surface area contributed by atoms with Gasteiger partial charge >= 0.3 is 0 Å². The first kappa shape index (κ1) is 18.0. The zero-order chi connectivity index (χ0) is 18.7. The summed E-state index contributed by atoms with van der Waals surface area (Å²) in [6.07, 6.45) is 3.45. The number of nitrogens with one attached hydrogen (secondary N) is 1. The SMILES string of the molecule is Cc1cc(OCn2ccc(C(=O)NCc3cnn(C)c3C)n2)ccc1Cl. The number of carbonyl (C=O) groups excluding carboxylic acids is 1. The van der Waals surface area contributed by atoms with Crippen molar-refractivity contribution in [2.24, 2.45) is 7.05 Å². The van der Waals surface area contributed by atoms with E-state index < -0.39 is 0 Å². The smallest absolute Gasteiger partial charge is 0.272 e. The Hall–Kier alpha value is -2.80. The fourth-order valence-corrected chi connectivity index (χ4v) is 2.50. The van der Waals surface area contributed by atoms with Gasteiger partial charge < -0.3 is 10.1 Å². The highest BCUT2D eigenvalue weighted by Crippen LogP contribution is 2.21. The Morgan fingerprint density at radius 2 is 2.12 bits per heavy atom. The Balaban J connectivity index is 1.55. The van der Waals surface area contributed by atoms with Crippen molar-refractivity contribution in [3.05, 3.63) is 64.2 Å². The van der Waals surface area contributed by atoms with Gasteiger partial charge in [-0.3, -0.25) is 9.48 Å². The molecule has 0 fully saturated rings. The molecule has 0 saturated heterocycles. The van der Waals surface area contributed by atoms with Crippen molar-refractivity contribution in [1.82, 2.24) is 24.9 Å². The summed E-state index contributed by atoms with van der Waals surface area (Å²) < 4.78 is 9.00. The molecule has 1 N–H and O–H groups in total. The molecule has 3 rings (SSSR count). The molecule has 26 heavy (non-hydrogen) atoms. The van der Waals surface area contributed by atoms with Crippen LogP contribution in [-0.4, -0.2) is 25.5 Å². The quantitative estimate of drug-likeness (QED) is 0.721. The molecule has 0 radical (unpaired) electrons. The van der Waals surface area contributed by atoms with Gasteiger partial charge in [-0.25, -0.2) is 4.68 Å². The minimum atomic E-state index is -0.241. The molecule has 1 amide bonds. The maximum Gasteiger partial charge on any atom is 0.272 e. The summed E-state index contributed by atoms with van der Waals surface area (Å²) in [4.78, 5) is 12.2. The molecule has 0 aliphatic rings. The fourth-order valence-electron chi connectivity index (χ4n) is 2.39. The van der Waals surface area contributed by atoms with E-state index in [-0.39, 0.29) is 12.6 Å². The molecule has 0 saturated carbocycles. The van der Waals surface area contributed by atoms with Crippen LogP contribution in [0.2, 0.25) is 5.02 Å². The van der Waals surface area contributed by atoms with E-state index in [1.54, 1.807) is 40.0 Å². The van der Waals surface area contributed by atoms with Crippen LogP contribution in [0.15, 0.2) is 36.7 Å². The first-order chi connectivity index (χ1) is 12.4. The molecular formula is C18H20ClN5O2. The molecule has 0 bridgehead atoms. The third-order valence-corrected chi connectivity index (χ3v) is 4.57. The number of hydrogen-bond donors (Lipinski definition) is 1. The summed E-state index contributed by atoms with van der Waals surface area (Å²) in [6, 6.07) is 7.09. The minimum absolute atomic E-state index is 0.204. The molecule has 0 unspecified atom stereocenters. The van der Waals surface area contributed by atoms with E-state index in [0.717, 1.165) is 16.8 Å². The lowest BCUT2D eigenvalue weighted by Gasteiger charge is -2.07. The highest BCUT2D eigenvalue weighted by molar-refractivity contribution is 6.31. The van der Waals surface area contributed by atoms with E-state index in [9.17, 15) is 4.79 Å². The number of ether oxygens (including phenoxy) is 1. The second-order valence-electron chi connectivity index (χ2n) is 5.99. The Bertz CT molecular complexity index is 932. The monoisotopic (exact) mass is 373 g/mol. The number of rotatable bonds is 6. The van der Waals surface area contributed by atoms with Crippen LogP contribution in [0.5, 0.6) is 5.75 Å². The Labute approximate surface area is 156 Å². The molecule has 7 nitrogen and oxygen atoms in total. The van der Waals surface area contributed by atoms with E-state index in [0.29, 0.717) is 23.0 Å². The van der Waals surface area contributed by atoms with E-state index in [2.05, 4.69) is 15.5 Å². The van der Waals surface area contributed by atoms with E-state index in [1.807, 2.05) is 27.0 Å². The predicted octanol–water partition coefficient (Wildman–Crippen LogP) is 2.85. The number of hydrogen-bond acceptors (Lipinski definition) is 4. The number of aryl methyl sites for hydroxylation is 2. The normalized spacial score (nSPS) is 10.8. The number of nitrogens with zero attached hydrogens (tertiary/aromatic N) is 4. The van der Waals surface area contributed by atoms with E-state index in [4.69, 9.17) is 16.3 Å². The van der Waals surface area contributed by atoms with Gasteiger partial charge in [0.15, 0.2) is 6.73 Å². The van der Waals surface area contributed by atoms with Crippen LogP contribution >= 0.6 is 11.6 Å². The summed E-state index contributed by atoms with van der Waals surface area (Å²) in [6.45, 7) is 4.48. The molecule has 2 aromatic heterocycles. The van der Waals surface area contributed by atoms with Crippen LogP contribution in [0.1, 0.15) is 27.3 Å². The maximum absolute atomic E-state index is 12.2. The summed E-state index contributed by atoms with van der Waals surface area (Å²) in [5, 5.41) is 11.9. The third kappa shape index (κ3) is 4.05. The lowest BCUT2D eigenvalue weighted by molar-refractivity contribution is 0.0944. The molecule has 0 spiro atoms. The summed E-state index contributed by atoms with van der Waals surface area (Å²) >= 11 is 6.00. The average Bonchev–Trinajstić information content (AvgIpc) is 3.22. The number of amides is 1. The molecule has 0 aliphatic heterocycles.